The monoisotopic (exact) mass is 267 g/mol. The van der Waals surface area contributed by atoms with Crippen LogP contribution in [-0.4, -0.2) is 23.0 Å². The molecule has 0 saturated heterocycles. The number of carboxylic acid groups (broad SMARTS) is 1. The van der Waals surface area contributed by atoms with Crippen LogP contribution in [0.4, 0.5) is 0 Å². The molecule has 0 aromatic rings. The number of carbonyl (C=O) groups excluding carboxylic acids is 1. The molecule has 0 aromatic heterocycles. The van der Waals surface area contributed by atoms with Gasteiger partial charge in [0, 0.05) is 12.5 Å². The maximum Gasteiger partial charge on any atom is 0.306 e. The van der Waals surface area contributed by atoms with E-state index in [9.17, 15) is 9.59 Å². The van der Waals surface area contributed by atoms with Crippen molar-refractivity contribution in [1.29, 1.82) is 0 Å². The third kappa shape index (κ3) is 4.51. The zero-order valence-electron chi connectivity index (χ0n) is 11.6. The van der Waals surface area contributed by atoms with Gasteiger partial charge >= 0.3 is 5.97 Å². The highest BCUT2D eigenvalue weighted by molar-refractivity contribution is 5.77. The Balaban J connectivity index is 1.71. The zero-order valence-corrected chi connectivity index (χ0v) is 11.6. The molecular weight excluding hydrogens is 242 g/mol. The summed E-state index contributed by atoms with van der Waals surface area (Å²) in [5.41, 5.74) is 0. The second-order valence-corrected chi connectivity index (χ2v) is 6.17. The SMILES string of the molecule is O=C(CC1CCCCCC1)N[C@@H]1CC[C@H](C(=O)O)C1. The quantitative estimate of drug-likeness (QED) is 0.770. The first-order chi connectivity index (χ1) is 9.15. The van der Waals surface area contributed by atoms with Gasteiger partial charge in [-0.05, 0) is 38.0 Å². The van der Waals surface area contributed by atoms with Gasteiger partial charge in [0.05, 0.1) is 5.92 Å². The Hall–Kier alpha value is -1.06. The fraction of sp³-hybridized carbons (Fsp3) is 0.867. The van der Waals surface area contributed by atoms with E-state index >= 15 is 0 Å². The van der Waals surface area contributed by atoms with Gasteiger partial charge in [0.15, 0.2) is 0 Å². The van der Waals surface area contributed by atoms with Crippen LogP contribution in [0.5, 0.6) is 0 Å². The molecule has 108 valence electrons. The van der Waals surface area contributed by atoms with Crippen LogP contribution in [0.3, 0.4) is 0 Å². The number of aliphatic carboxylic acids is 1. The normalized spacial score (nSPS) is 28.8. The first kappa shape index (κ1) is 14.4. The first-order valence-electron chi connectivity index (χ1n) is 7.67. The van der Waals surface area contributed by atoms with Gasteiger partial charge in [-0.3, -0.25) is 9.59 Å². The molecule has 2 fully saturated rings. The third-order valence-corrected chi connectivity index (χ3v) is 4.60. The lowest BCUT2D eigenvalue weighted by Gasteiger charge is -2.17. The number of hydrogen-bond acceptors (Lipinski definition) is 2. The van der Waals surface area contributed by atoms with E-state index in [-0.39, 0.29) is 17.9 Å². The van der Waals surface area contributed by atoms with E-state index in [1.54, 1.807) is 0 Å². The van der Waals surface area contributed by atoms with Crippen molar-refractivity contribution in [3.8, 4) is 0 Å². The number of amides is 1. The average Bonchev–Trinajstić information content (AvgIpc) is 2.67. The summed E-state index contributed by atoms with van der Waals surface area (Å²) >= 11 is 0. The van der Waals surface area contributed by atoms with E-state index in [0.29, 0.717) is 25.2 Å². The largest absolute Gasteiger partial charge is 0.481 e. The topological polar surface area (TPSA) is 66.4 Å². The minimum Gasteiger partial charge on any atom is -0.481 e. The summed E-state index contributed by atoms with van der Waals surface area (Å²) in [6.07, 6.45) is 10.2. The minimum absolute atomic E-state index is 0.0828. The molecule has 4 nitrogen and oxygen atoms in total. The van der Waals surface area contributed by atoms with Crippen LogP contribution in [0, 0.1) is 11.8 Å². The van der Waals surface area contributed by atoms with E-state index in [2.05, 4.69) is 5.32 Å². The van der Waals surface area contributed by atoms with Crippen LogP contribution in [0.25, 0.3) is 0 Å². The molecule has 4 heteroatoms. The van der Waals surface area contributed by atoms with Crippen LogP contribution in [0.15, 0.2) is 0 Å². The molecule has 0 heterocycles. The highest BCUT2D eigenvalue weighted by atomic mass is 16.4. The first-order valence-corrected chi connectivity index (χ1v) is 7.67. The summed E-state index contributed by atoms with van der Waals surface area (Å²) in [7, 11) is 0. The third-order valence-electron chi connectivity index (χ3n) is 4.60. The molecule has 2 aliphatic carbocycles. The lowest BCUT2D eigenvalue weighted by molar-refractivity contribution is -0.141. The van der Waals surface area contributed by atoms with Crippen molar-refractivity contribution < 1.29 is 14.7 Å². The molecule has 0 spiro atoms. The van der Waals surface area contributed by atoms with Crippen LogP contribution in [0.2, 0.25) is 0 Å². The van der Waals surface area contributed by atoms with Gasteiger partial charge in [-0.1, -0.05) is 25.7 Å². The Bertz CT molecular complexity index is 321. The second-order valence-electron chi connectivity index (χ2n) is 6.17. The lowest BCUT2D eigenvalue weighted by atomic mass is 9.96. The van der Waals surface area contributed by atoms with Gasteiger partial charge in [-0.2, -0.15) is 0 Å². The van der Waals surface area contributed by atoms with Crippen molar-refractivity contribution in [1.82, 2.24) is 5.32 Å². The summed E-state index contributed by atoms with van der Waals surface area (Å²) in [6, 6.07) is 0.0828. The van der Waals surface area contributed by atoms with E-state index < -0.39 is 5.97 Å². The predicted octanol–water partition coefficient (Wildman–Crippen LogP) is 2.72. The number of hydrogen-bond donors (Lipinski definition) is 2. The highest BCUT2D eigenvalue weighted by Crippen LogP contribution is 2.27. The summed E-state index contributed by atoms with van der Waals surface area (Å²) in [6.45, 7) is 0. The van der Waals surface area contributed by atoms with Gasteiger partial charge < -0.3 is 10.4 Å². The molecule has 2 N–H and O–H groups in total. The van der Waals surface area contributed by atoms with Gasteiger partial charge in [0.1, 0.15) is 0 Å². The van der Waals surface area contributed by atoms with E-state index in [1.165, 1.54) is 38.5 Å². The van der Waals surface area contributed by atoms with E-state index in [4.69, 9.17) is 5.11 Å². The molecule has 0 radical (unpaired) electrons. The number of carboxylic acids is 1. The van der Waals surface area contributed by atoms with Crippen molar-refractivity contribution in [3.05, 3.63) is 0 Å². The van der Waals surface area contributed by atoms with Crippen molar-refractivity contribution in [3.63, 3.8) is 0 Å². The highest BCUT2D eigenvalue weighted by Gasteiger charge is 2.30. The van der Waals surface area contributed by atoms with Crippen LogP contribution >= 0.6 is 0 Å². The zero-order chi connectivity index (χ0) is 13.7. The minimum atomic E-state index is -0.722. The summed E-state index contributed by atoms with van der Waals surface area (Å²) in [4.78, 5) is 22.9. The van der Waals surface area contributed by atoms with Crippen molar-refractivity contribution >= 4 is 11.9 Å². The predicted molar refractivity (Wildman–Crippen MR) is 72.7 cm³/mol. The van der Waals surface area contributed by atoms with Gasteiger partial charge in [-0.15, -0.1) is 0 Å². The molecule has 2 saturated carbocycles. The molecular formula is C15H25NO3. The van der Waals surface area contributed by atoms with Crippen molar-refractivity contribution in [2.24, 2.45) is 11.8 Å². The number of nitrogens with one attached hydrogen (secondary N) is 1. The Morgan fingerprint density at radius 2 is 1.68 bits per heavy atom. The smallest absolute Gasteiger partial charge is 0.306 e. The second kappa shape index (κ2) is 6.92. The van der Waals surface area contributed by atoms with Gasteiger partial charge in [0.25, 0.3) is 0 Å². The standard InChI is InChI=1S/C15H25NO3/c17-14(9-11-5-3-1-2-4-6-11)16-13-8-7-12(10-13)15(18)19/h11-13H,1-10H2,(H,16,17)(H,18,19)/t12-,13+/m0/s1. The summed E-state index contributed by atoms with van der Waals surface area (Å²) in [5.74, 6) is -0.314. The Kier molecular flexibility index (Phi) is 5.23. The van der Waals surface area contributed by atoms with Gasteiger partial charge in [-0.25, -0.2) is 0 Å². The fourth-order valence-corrected chi connectivity index (χ4v) is 3.45. The number of rotatable bonds is 4. The van der Waals surface area contributed by atoms with Crippen LogP contribution in [-0.2, 0) is 9.59 Å². The average molecular weight is 267 g/mol. The molecule has 2 atom stereocenters. The fourth-order valence-electron chi connectivity index (χ4n) is 3.45. The summed E-state index contributed by atoms with van der Waals surface area (Å²) in [5, 5.41) is 12.0. The Morgan fingerprint density at radius 3 is 2.26 bits per heavy atom. The molecule has 2 aliphatic rings. The van der Waals surface area contributed by atoms with Crippen molar-refractivity contribution in [2.75, 3.05) is 0 Å². The van der Waals surface area contributed by atoms with E-state index in [1.807, 2.05) is 0 Å². The molecule has 19 heavy (non-hydrogen) atoms. The Morgan fingerprint density at radius 1 is 1.00 bits per heavy atom. The molecule has 1 amide bonds. The maximum absolute atomic E-state index is 12.0. The maximum atomic E-state index is 12.0. The molecule has 2 rings (SSSR count). The Labute approximate surface area is 115 Å². The number of carbonyl (C=O) groups is 2. The molecule has 0 unspecified atom stereocenters. The molecule has 0 bridgehead atoms. The summed E-state index contributed by atoms with van der Waals surface area (Å²) < 4.78 is 0. The van der Waals surface area contributed by atoms with Crippen LogP contribution in [0.1, 0.15) is 64.2 Å². The van der Waals surface area contributed by atoms with Gasteiger partial charge in [0.2, 0.25) is 5.91 Å². The van der Waals surface area contributed by atoms with Crippen LogP contribution < -0.4 is 5.32 Å². The van der Waals surface area contributed by atoms with E-state index in [0.717, 1.165) is 6.42 Å². The lowest BCUT2D eigenvalue weighted by Crippen LogP contribution is -2.34. The molecule has 0 aliphatic heterocycles. The van der Waals surface area contributed by atoms with Crippen molar-refractivity contribution in [2.45, 2.75) is 70.3 Å². The molecule has 0 aromatic carbocycles.